The van der Waals surface area contributed by atoms with E-state index in [0.717, 1.165) is 6.26 Å². The van der Waals surface area contributed by atoms with Crippen molar-refractivity contribution in [3.05, 3.63) is 57.3 Å². The first kappa shape index (κ1) is 16.3. The Bertz CT molecular complexity index is 781. The van der Waals surface area contributed by atoms with Gasteiger partial charge in [0.25, 0.3) is 0 Å². The minimum absolute atomic E-state index is 0.158. The van der Waals surface area contributed by atoms with Gasteiger partial charge in [-0.3, -0.25) is 0 Å². The fraction of sp³-hybridized carbons (Fsp3) is 0.143. The number of halogens is 3. The zero-order valence-corrected chi connectivity index (χ0v) is 14.2. The van der Waals surface area contributed by atoms with E-state index in [1.807, 2.05) is 0 Å². The van der Waals surface area contributed by atoms with Crippen LogP contribution in [0, 0.1) is 5.82 Å². The van der Waals surface area contributed by atoms with Gasteiger partial charge in [-0.1, -0.05) is 33.6 Å². The molecule has 21 heavy (non-hydrogen) atoms. The molecule has 0 aliphatic heterocycles. The summed E-state index contributed by atoms with van der Waals surface area (Å²) in [5.74, 6) is -0.354. The molecule has 0 aromatic heterocycles. The first-order valence-electron chi connectivity index (χ1n) is 5.95. The highest BCUT2D eigenvalue weighted by Gasteiger charge is 2.11. The molecule has 0 bridgehead atoms. The molecule has 112 valence electrons. The first-order chi connectivity index (χ1) is 9.77. The molecule has 0 unspecified atom stereocenters. The number of benzene rings is 2. The third kappa shape index (κ3) is 4.18. The highest BCUT2D eigenvalue weighted by atomic mass is 79.9. The first-order valence-corrected chi connectivity index (χ1v) is 9.01. The maximum Gasteiger partial charge on any atom is 0.175 e. The minimum atomic E-state index is -3.32. The summed E-state index contributed by atoms with van der Waals surface area (Å²) < 4.78 is 37.4. The van der Waals surface area contributed by atoms with Crippen LogP contribution in [0.5, 0.6) is 0 Å². The summed E-state index contributed by atoms with van der Waals surface area (Å²) in [5, 5.41) is 3.33. The number of sulfone groups is 1. The fourth-order valence-corrected chi connectivity index (χ4v) is 2.89. The average molecular weight is 393 g/mol. The molecule has 2 aromatic carbocycles. The Hall–Kier alpha value is -1.11. The van der Waals surface area contributed by atoms with Crippen molar-refractivity contribution < 1.29 is 12.8 Å². The summed E-state index contributed by atoms with van der Waals surface area (Å²) in [5.41, 5.74) is 0.904. The maximum absolute atomic E-state index is 13.7. The molecule has 0 radical (unpaired) electrons. The lowest BCUT2D eigenvalue weighted by Crippen LogP contribution is -2.04. The van der Waals surface area contributed by atoms with E-state index >= 15 is 0 Å². The highest BCUT2D eigenvalue weighted by Crippen LogP contribution is 2.26. The second-order valence-electron chi connectivity index (χ2n) is 4.50. The molecule has 0 atom stereocenters. The summed E-state index contributed by atoms with van der Waals surface area (Å²) in [6.07, 6.45) is 1.12. The molecule has 2 aromatic rings. The van der Waals surface area contributed by atoms with Gasteiger partial charge in [0, 0.05) is 22.8 Å². The van der Waals surface area contributed by atoms with Crippen LogP contribution in [0.4, 0.5) is 10.1 Å². The van der Waals surface area contributed by atoms with Gasteiger partial charge >= 0.3 is 0 Å². The van der Waals surface area contributed by atoms with Crippen LogP contribution in [0.15, 0.2) is 45.8 Å². The van der Waals surface area contributed by atoms with E-state index in [1.54, 1.807) is 12.1 Å². The van der Waals surface area contributed by atoms with E-state index in [2.05, 4.69) is 21.2 Å². The monoisotopic (exact) mass is 391 g/mol. The van der Waals surface area contributed by atoms with E-state index in [-0.39, 0.29) is 17.3 Å². The number of nitrogens with one attached hydrogen (secondary N) is 1. The van der Waals surface area contributed by atoms with Gasteiger partial charge in [-0.15, -0.1) is 0 Å². The van der Waals surface area contributed by atoms with Crippen molar-refractivity contribution in [2.24, 2.45) is 0 Å². The van der Waals surface area contributed by atoms with Gasteiger partial charge in [-0.2, -0.15) is 0 Å². The lowest BCUT2D eigenvalue weighted by Gasteiger charge is -2.11. The van der Waals surface area contributed by atoms with Crippen molar-refractivity contribution in [1.82, 2.24) is 0 Å². The summed E-state index contributed by atoms with van der Waals surface area (Å²) in [6, 6.07) is 9.11. The average Bonchev–Trinajstić information content (AvgIpc) is 2.38. The van der Waals surface area contributed by atoms with Crippen LogP contribution in [0.3, 0.4) is 0 Å². The van der Waals surface area contributed by atoms with Gasteiger partial charge in [0.1, 0.15) is 5.82 Å². The molecule has 0 aliphatic carbocycles. The Kier molecular flexibility index (Phi) is 4.91. The molecule has 0 saturated heterocycles. The molecule has 3 nitrogen and oxygen atoms in total. The second kappa shape index (κ2) is 6.34. The molecule has 0 amide bonds. The SMILES string of the molecule is CS(=O)(=O)c1ccc(Cl)c(NCc2ccc(Br)cc2F)c1. The van der Waals surface area contributed by atoms with E-state index in [9.17, 15) is 12.8 Å². The zero-order chi connectivity index (χ0) is 15.6. The van der Waals surface area contributed by atoms with Crippen molar-refractivity contribution in [1.29, 1.82) is 0 Å². The Balaban J connectivity index is 2.23. The van der Waals surface area contributed by atoms with E-state index in [1.165, 1.54) is 24.3 Å². The van der Waals surface area contributed by atoms with Crippen LogP contribution < -0.4 is 5.32 Å². The van der Waals surface area contributed by atoms with Crippen molar-refractivity contribution in [3.8, 4) is 0 Å². The van der Waals surface area contributed by atoms with Crippen LogP contribution in [-0.4, -0.2) is 14.7 Å². The molecule has 1 N–H and O–H groups in total. The third-order valence-corrected chi connectivity index (χ3v) is 4.78. The quantitative estimate of drug-likeness (QED) is 0.846. The number of rotatable bonds is 4. The van der Waals surface area contributed by atoms with Crippen molar-refractivity contribution >= 4 is 43.1 Å². The fourth-order valence-electron chi connectivity index (χ4n) is 1.73. The predicted octanol–water partition coefficient (Wildman–Crippen LogP) is 4.26. The van der Waals surface area contributed by atoms with E-state index < -0.39 is 9.84 Å². The standard InChI is InChI=1S/C14H12BrClFNO2S/c1-21(19,20)11-4-5-12(16)14(7-11)18-8-9-2-3-10(15)6-13(9)17/h2-7,18H,8H2,1H3. The molecular weight excluding hydrogens is 381 g/mol. The van der Waals surface area contributed by atoms with Crippen molar-refractivity contribution in [2.75, 3.05) is 11.6 Å². The maximum atomic E-state index is 13.7. The largest absolute Gasteiger partial charge is 0.380 e. The minimum Gasteiger partial charge on any atom is -0.380 e. The Morgan fingerprint density at radius 1 is 1.24 bits per heavy atom. The van der Waals surface area contributed by atoms with Crippen LogP contribution in [-0.2, 0) is 16.4 Å². The smallest absolute Gasteiger partial charge is 0.175 e. The molecule has 0 aliphatic rings. The highest BCUT2D eigenvalue weighted by molar-refractivity contribution is 9.10. The molecular formula is C14H12BrClFNO2S. The van der Waals surface area contributed by atoms with Crippen LogP contribution in [0.2, 0.25) is 5.02 Å². The normalized spacial score (nSPS) is 11.4. The third-order valence-electron chi connectivity index (χ3n) is 2.85. The predicted molar refractivity (Wildman–Crippen MR) is 86.0 cm³/mol. The van der Waals surface area contributed by atoms with E-state index in [0.29, 0.717) is 20.7 Å². The number of hydrogen-bond donors (Lipinski definition) is 1. The Morgan fingerprint density at radius 3 is 2.57 bits per heavy atom. The van der Waals surface area contributed by atoms with E-state index in [4.69, 9.17) is 11.6 Å². The number of hydrogen-bond acceptors (Lipinski definition) is 3. The van der Waals surface area contributed by atoms with Gasteiger partial charge in [0.15, 0.2) is 9.84 Å². The van der Waals surface area contributed by atoms with Gasteiger partial charge < -0.3 is 5.32 Å². The van der Waals surface area contributed by atoms with Crippen molar-refractivity contribution in [3.63, 3.8) is 0 Å². The van der Waals surface area contributed by atoms with Gasteiger partial charge in [0.2, 0.25) is 0 Å². The Labute approximate surface area is 136 Å². The van der Waals surface area contributed by atoms with Crippen LogP contribution in [0.1, 0.15) is 5.56 Å². The van der Waals surface area contributed by atoms with Crippen LogP contribution in [0.25, 0.3) is 0 Å². The lowest BCUT2D eigenvalue weighted by atomic mass is 10.2. The summed E-state index contributed by atoms with van der Waals surface area (Å²) in [7, 11) is -3.32. The van der Waals surface area contributed by atoms with Crippen molar-refractivity contribution in [2.45, 2.75) is 11.4 Å². The topological polar surface area (TPSA) is 46.2 Å². The van der Waals surface area contributed by atoms with Crippen LogP contribution >= 0.6 is 27.5 Å². The van der Waals surface area contributed by atoms with Gasteiger partial charge in [-0.25, -0.2) is 12.8 Å². The molecule has 0 spiro atoms. The molecule has 0 fully saturated rings. The molecule has 2 rings (SSSR count). The Morgan fingerprint density at radius 2 is 1.95 bits per heavy atom. The summed E-state index contributed by atoms with van der Waals surface area (Å²) >= 11 is 9.21. The van der Waals surface area contributed by atoms with Gasteiger partial charge in [0.05, 0.1) is 15.6 Å². The number of anilines is 1. The lowest BCUT2D eigenvalue weighted by molar-refractivity contribution is 0.601. The summed E-state index contributed by atoms with van der Waals surface area (Å²) in [6.45, 7) is 0.200. The molecule has 0 heterocycles. The van der Waals surface area contributed by atoms with Gasteiger partial charge in [-0.05, 0) is 30.3 Å². The second-order valence-corrected chi connectivity index (χ2v) is 7.84. The molecule has 0 saturated carbocycles. The zero-order valence-electron chi connectivity index (χ0n) is 11.0. The molecule has 7 heteroatoms. The summed E-state index contributed by atoms with van der Waals surface area (Å²) in [4.78, 5) is 0.158.